The molecule has 0 bridgehead atoms. The zero-order chi connectivity index (χ0) is 12.6. The normalized spacial score (nSPS) is 22.3. The van der Waals surface area contributed by atoms with Crippen molar-refractivity contribution in [1.29, 1.82) is 0 Å². The topological polar surface area (TPSA) is 17.1 Å². The summed E-state index contributed by atoms with van der Waals surface area (Å²) in [6.45, 7) is 9.01. The number of aldehydes is 1. The molecule has 1 aliphatic rings. The first kappa shape index (κ1) is 12.3. The van der Waals surface area contributed by atoms with Crippen molar-refractivity contribution in [2.75, 3.05) is 0 Å². The van der Waals surface area contributed by atoms with Gasteiger partial charge in [0.25, 0.3) is 0 Å². The third kappa shape index (κ3) is 2.15. The van der Waals surface area contributed by atoms with Crippen molar-refractivity contribution in [3.8, 4) is 0 Å². The third-order valence-corrected chi connectivity index (χ3v) is 4.12. The van der Waals surface area contributed by atoms with Crippen LogP contribution >= 0.6 is 0 Å². The van der Waals surface area contributed by atoms with Crippen molar-refractivity contribution in [3.63, 3.8) is 0 Å². The van der Waals surface area contributed by atoms with Gasteiger partial charge in [0.05, 0.1) is 0 Å². The average molecular weight is 230 g/mol. The van der Waals surface area contributed by atoms with Gasteiger partial charge in [0.1, 0.15) is 6.29 Å². The molecule has 1 aromatic carbocycles. The van der Waals surface area contributed by atoms with Gasteiger partial charge in [-0.15, -0.1) is 0 Å². The Morgan fingerprint density at radius 3 is 2.65 bits per heavy atom. The molecule has 1 aliphatic carbocycles. The van der Waals surface area contributed by atoms with Gasteiger partial charge in [0, 0.05) is 5.92 Å². The SMILES string of the molecule is CC(C)c1ccc2c(c1)C(C)(C)CCC2C=O. The van der Waals surface area contributed by atoms with E-state index in [0.29, 0.717) is 5.92 Å². The molecule has 0 aliphatic heterocycles. The number of rotatable bonds is 2. The fourth-order valence-corrected chi connectivity index (χ4v) is 2.79. The molecular weight excluding hydrogens is 208 g/mol. The molecule has 0 aromatic heterocycles. The van der Waals surface area contributed by atoms with Crippen LogP contribution in [0.4, 0.5) is 0 Å². The fraction of sp³-hybridized carbons (Fsp3) is 0.562. The van der Waals surface area contributed by atoms with E-state index >= 15 is 0 Å². The Balaban J connectivity index is 2.55. The average Bonchev–Trinajstić information content (AvgIpc) is 2.29. The van der Waals surface area contributed by atoms with Crippen LogP contribution in [0.5, 0.6) is 0 Å². The summed E-state index contributed by atoms with van der Waals surface area (Å²) in [6, 6.07) is 6.67. The first-order valence-electron chi connectivity index (χ1n) is 6.55. The quantitative estimate of drug-likeness (QED) is 0.697. The van der Waals surface area contributed by atoms with Crippen LogP contribution in [-0.2, 0) is 10.2 Å². The molecule has 2 rings (SSSR count). The highest BCUT2D eigenvalue weighted by Crippen LogP contribution is 2.42. The van der Waals surface area contributed by atoms with Crippen LogP contribution < -0.4 is 0 Å². The molecule has 0 heterocycles. The van der Waals surface area contributed by atoms with Crippen molar-refractivity contribution < 1.29 is 4.79 Å². The lowest BCUT2D eigenvalue weighted by Gasteiger charge is -2.36. The molecule has 0 saturated carbocycles. The highest BCUT2D eigenvalue weighted by atomic mass is 16.1. The van der Waals surface area contributed by atoms with E-state index in [1.54, 1.807) is 0 Å². The van der Waals surface area contributed by atoms with E-state index in [9.17, 15) is 4.79 Å². The number of carbonyl (C=O) groups excluding carboxylic acids is 1. The maximum absolute atomic E-state index is 11.2. The van der Waals surface area contributed by atoms with Gasteiger partial charge in [-0.25, -0.2) is 0 Å². The van der Waals surface area contributed by atoms with E-state index in [0.717, 1.165) is 19.1 Å². The van der Waals surface area contributed by atoms with Crippen LogP contribution in [0.1, 0.15) is 69.1 Å². The summed E-state index contributed by atoms with van der Waals surface area (Å²) in [5.74, 6) is 0.659. The number of benzene rings is 1. The van der Waals surface area contributed by atoms with E-state index < -0.39 is 0 Å². The second-order valence-electron chi connectivity index (χ2n) is 6.17. The second-order valence-corrected chi connectivity index (χ2v) is 6.17. The van der Waals surface area contributed by atoms with Gasteiger partial charge in [-0.3, -0.25) is 0 Å². The predicted molar refractivity (Wildman–Crippen MR) is 71.6 cm³/mol. The summed E-state index contributed by atoms with van der Waals surface area (Å²) in [6.07, 6.45) is 3.21. The van der Waals surface area contributed by atoms with Gasteiger partial charge in [-0.05, 0) is 40.9 Å². The summed E-state index contributed by atoms with van der Waals surface area (Å²) >= 11 is 0. The molecule has 1 aromatic rings. The summed E-state index contributed by atoms with van der Waals surface area (Å²) in [4.78, 5) is 11.2. The second kappa shape index (κ2) is 4.29. The van der Waals surface area contributed by atoms with Crippen LogP contribution in [0, 0.1) is 0 Å². The Morgan fingerprint density at radius 2 is 2.06 bits per heavy atom. The highest BCUT2D eigenvalue weighted by Gasteiger charge is 2.32. The molecule has 0 N–H and O–H groups in total. The molecule has 92 valence electrons. The molecule has 17 heavy (non-hydrogen) atoms. The zero-order valence-electron chi connectivity index (χ0n) is 11.3. The Hall–Kier alpha value is -1.11. The minimum atomic E-state index is 0.110. The maximum Gasteiger partial charge on any atom is 0.127 e. The predicted octanol–water partition coefficient (Wildman–Crippen LogP) is 4.16. The van der Waals surface area contributed by atoms with Gasteiger partial charge >= 0.3 is 0 Å². The summed E-state index contributed by atoms with van der Waals surface area (Å²) in [5, 5.41) is 0. The summed E-state index contributed by atoms with van der Waals surface area (Å²) < 4.78 is 0. The summed E-state index contributed by atoms with van der Waals surface area (Å²) in [5.41, 5.74) is 4.22. The monoisotopic (exact) mass is 230 g/mol. The standard InChI is InChI=1S/C16H22O/c1-11(2)12-5-6-14-13(10-17)7-8-16(3,4)15(14)9-12/h5-6,9-11,13H,7-8H2,1-4H3. The Bertz CT molecular complexity index is 429. The van der Waals surface area contributed by atoms with Crippen LogP contribution in [0.2, 0.25) is 0 Å². The number of hydrogen-bond acceptors (Lipinski definition) is 1. The minimum Gasteiger partial charge on any atom is -0.303 e. The van der Waals surface area contributed by atoms with Crippen LogP contribution in [0.3, 0.4) is 0 Å². The van der Waals surface area contributed by atoms with Crippen molar-refractivity contribution >= 4 is 6.29 Å². The number of fused-ring (bicyclic) bond motifs is 1. The van der Waals surface area contributed by atoms with Crippen molar-refractivity contribution in [1.82, 2.24) is 0 Å². The molecule has 0 spiro atoms. The van der Waals surface area contributed by atoms with Crippen LogP contribution in [-0.4, -0.2) is 6.29 Å². The van der Waals surface area contributed by atoms with Crippen LogP contribution in [0.25, 0.3) is 0 Å². The van der Waals surface area contributed by atoms with E-state index in [2.05, 4.69) is 45.9 Å². The molecule has 0 radical (unpaired) electrons. The molecule has 0 amide bonds. The molecule has 1 nitrogen and oxygen atoms in total. The molecule has 1 heteroatoms. The smallest absolute Gasteiger partial charge is 0.127 e. The van der Waals surface area contributed by atoms with Gasteiger partial charge in [0.15, 0.2) is 0 Å². The summed E-state index contributed by atoms with van der Waals surface area (Å²) in [7, 11) is 0. The minimum absolute atomic E-state index is 0.110. The Kier molecular flexibility index (Phi) is 3.11. The lowest BCUT2D eigenvalue weighted by molar-refractivity contribution is -0.109. The fourth-order valence-electron chi connectivity index (χ4n) is 2.79. The lowest BCUT2D eigenvalue weighted by atomic mass is 9.68. The molecule has 1 atom stereocenters. The van der Waals surface area contributed by atoms with Crippen molar-refractivity contribution in [3.05, 3.63) is 34.9 Å². The largest absolute Gasteiger partial charge is 0.303 e. The number of carbonyl (C=O) groups is 1. The third-order valence-electron chi connectivity index (χ3n) is 4.12. The van der Waals surface area contributed by atoms with E-state index in [1.807, 2.05) is 0 Å². The lowest BCUT2D eigenvalue weighted by Crippen LogP contribution is -2.27. The van der Waals surface area contributed by atoms with E-state index in [1.165, 1.54) is 16.7 Å². The van der Waals surface area contributed by atoms with Gasteiger partial charge in [0.2, 0.25) is 0 Å². The first-order chi connectivity index (χ1) is 7.95. The molecule has 0 saturated heterocycles. The van der Waals surface area contributed by atoms with Gasteiger partial charge in [-0.1, -0.05) is 45.9 Å². The molecule has 1 unspecified atom stereocenters. The first-order valence-corrected chi connectivity index (χ1v) is 6.55. The van der Waals surface area contributed by atoms with E-state index in [-0.39, 0.29) is 11.3 Å². The highest BCUT2D eigenvalue weighted by molar-refractivity contribution is 5.65. The maximum atomic E-state index is 11.2. The van der Waals surface area contributed by atoms with Crippen molar-refractivity contribution in [2.24, 2.45) is 0 Å². The van der Waals surface area contributed by atoms with Crippen molar-refractivity contribution in [2.45, 2.75) is 57.8 Å². The molecular formula is C16H22O. The van der Waals surface area contributed by atoms with E-state index in [4.69, 9.17) is 0 Å². The Labute approximate surface area is 104 Å². The van der Waals surface area contributed by atoms with Crippen LogP contribution in [0.15, 0.2) is 18.2 Å². The van der Waals surface area contributed by atoms with Gasteiger partial charge in [-0.2, -0.15) is 0 Å². The number of hydrogen-bond donors (Lipinski definition) is 0. The van der Waals surface area contributed by atoms with Gasteiger partial charge < -0.3 is 4.79 Å². The Morgan fingerprint density at radius 1 is 1.35 bits per heavy atom. The zero-order valence-corrected chi connectivity index (χ0v) is 11.3. The molecule has 0 fully saturated rings.